The van der Waals surface area contributed by atoms with Gasteiger partial charge in [-0.3, -0.25) is 9.69 Å². The first-order chi connectivity index (χ1) is 9.22. The summed E-state index contributed by atoms with van der Waals surface area (Å²) in [4.78, 5) is 13.5. The molecule has 0 aromatic heterocycles. The van der Waals surface area contributed by atoms with Crippen LogP contribution in [0.5, 0.6) is 0 Å². The van der Waals surface area contributed by atoms with Crippen LogP contribution in [0.25, 0.3) is 0 Å². The van der Waals surface area contributed by atoms with Crippen LogP contribution in [-0.2, 0) is 17.8 Å². The van der Waals surface area contributed by atoms with Gasteiger partial charge in [-0.2, -0.15) is 0 Å². The second kappa shape index (κ2) is 6.71. The second-order valence-corrected chi connectivity index (χ2v) is 5.36. The summed E-state index contributed by atoms with van der Waals surface area (Å²) in [6.07, 6.45) is 5.38. The monoisotopic (exact) mass is 261 g/mol. The first kappa shape index (κ1) is 14.1. The molecule has 1 aromatic carbocycles. The highest BCUT2D eigenvalue weighted by molar-refractivity contribution is 5.74. The Labute approximate surface area is 115 Å². The smallest absolute Gasteiger partial charge is 0.321 e. The lowest BCUT2D eigenvalue weighted by Gasteiger charge is -2.34. The third kappa shape index (κ3) is 3.57. The molecule has 1 N–H and O–H groups in total. The Morgan fingerprint density at radius 3 is 2.68 bits per heavy atom. The Hall–Kier alpha value is -1.35. The minimum absolute atomic E-state index is 0.350. The second-order valence-electron chi connectivity index (χ2n) is 5.36. The summed E-state index contributed by atoms with van der Waals surface area (Å²) >= 11 is 0. The standard InChI is InChI=1S/C16H23NO2/c1-2-3-4-7-10-17-12-14-9-6-5-8-13(14)11-15(17)16(18)19/h5-6,8-9,15H,2-4,7,10-12H2,1H3,(H,18,19). The SMILES string of the molecule is CCCCCCN1Cc2ccccc2CC1C(=O)O. The lowest BCUT2D eigenvalue weighted by molar-refractivity contribution is -0.144. The highest BCUT2D eigenvalue weighted by Crippen LogP contribution is 2.23. The van der Waals surface area contributed by atoms with Crippen molar-refractivity contribution >= 4 is 5.97 Å². The number of carbonyl (C=O) groups is 1. The third-order valence-electron chi connectivity index (χ3n) is 3.93. The van der Waals surface area contributed by atoms with Crippen molar-refractivity contribution in [3.8, 4) is 0 Å². The molecule has 0 saturated heterocycles. The number of fused-ring (bicyclic) bond motifs is 1. The highest BCUT2D eigenvalue weighted by atomic mass is 16.4. The van der Waals surface area contributed by atoms with E-state index in [4.69, 9.17) is 0 Å². The average Bonchev–Trinajstić information content (AvgIpc) is 2.42. The number of aliphatic carboxylic acids is 1. The zero-order valence-corrected chi connectivity index (χ0v) is 11.6. The number of carboxylic acid groups (broad SMARTS) is 1. The van der Waals surface area contributed by atoms with Crippen LogP contribution >= 0.6 is 0 Å². The first-order valence-electron chi connectivity index (χ1n) is 7.26. The van der Waals surface area contributed by atoms with Crippen LogP contribution in [0.15, 0.2) is 24.3 Å². The molecule has 0 saturated carbocycles. The van der Waals surface area contributed by atoms with Crippen molar-refractivity contribution in [2.24, 2.45) is 0 Å². The van der Waals surface area contributed by atoms with Gasteiger partial charge in [-0.15, -0.1) is 0 Å². The Bertz CT molecular complexity index is 431. The Balaban J connectivity index is 2.02. The van der Waals surface area contributed by atoms with Crippen molar-refractivity contribution in [1.82, 2.24) is 4.90 Å². The molecule has 0 fully saturated rings. The van der Waals surface area contributed by atoms with E-state index >= 15 is 0 Å². The number of nitrogens with zero attached hydrogens (tertiary/aromatic N) is 1. The number of hydrogen-bond donors (Lipinski definition) is 1. The molecule has 1 heterocycles. The molecule has 1 aliphatic heterocycles. The average molecular weight is 261 g/mol. The molecule has 19 heavy (non-hydrogen) atoms. The molecule has 0 spiro atoms. The lowest BCUT2D eigenvalue weighted by Crippen LogP contribution is -2.45. The molecule has 2 rings (SSSR count). The van der Waals surface area contributed by atoms with Crippen LogP contribution in [0.2, 0.25) is 0 Å². The molecular formula is C16H23NO2. The van der Waals surface area contributed by atoms with Crippen molar-refractivity contribution in [3.05, 3.63) is 35.4 Å². The Morgan fingerprint density at radius 1 is 1.26 bits per heavy atom. The van der Waals surface area contributed by atoms with Gasteiger partial charge >= 0.3 is 5.97 Å². The van der Waals surface area contributed by atoms with E-state index in [1.165, 1.54) is 30.4 Å². The van der Waals surface area contributed by atoms with Gasteiger partial charge in [-0.25, -0.2) is 0 Å². The molecule has 3 heteroatoms. The molecule has 0 radical (unpaired) electrons. The van der Waals surface area contributed by atoms with Crippen LogP contribution in [0.4, 0.5) is 0 Å². The number of benzene rings is 1. The fraction of sp³-hybridized carbons (Fsp3) is 0.562. The molecule has 3 nitrogen and oxygen atoms in total. The maximum Gasteiger partial charge on any atom is 0.321 e. The van der Waals surface area contributed by atoms with Gasteiger partial charge in [0.1, 0.15) is 6.04 Å². The number of hydrogen-bond acceptors (Lipinski definition) is 2. The zero-order valence-electron chi connectivity index (χ0n) is 11.6. The van der Waals surface area contributed by atoms with E-state index in [0.29, 0.717) is 6.42 Å². The summed E-state index contributed by atoms with van der Waals surface area (Å²) in [5, 5.41) is 9.40. The Morgan fingerprint density at radius 2 is 2.00 bits per heavy atom. The first-order valence-corrected chi connectivity index (χ1v) is 7.26. The van der Waals surface area contributed by atoms with Crippen molar-refractivity contribution in [3.63, 3.8) is 0 Å². The van der Waals surface area contributed by atoms with E-state index in [-0.39, 0.29) is 6.04 Å². The fourth-order valence-corrected chi connectivity index (χ4v) is 2.80. The maximum atomic E-state index is 11.4. The molecule has 0 amide bonds. The van der Waals surface area contributed by atoms with Crippen molar-refractivity contribution < 1.29 is 9.90 Å². The predicted molar refractivity (Wildman–Crippen MR) is 76.1 cm³/mol. The minimum Gasteiger partial charge on any atom is -0.480 e. The summed E-state index contributed by atoms with van der Waals surface area (Å²) in [6, 6.07) is 7.85. The van der Waals surface area contributed by atoms with E-state index in [1.807, 2.05) is 12.1 Å². The van der Waals surface area contributed by atoms with Gasteiger partial charge in [-0.05, 0) is 30.5 Å². The lowest BCUT2D eigenvalue weighted by atomic mass is 9.93. The van der Waals surface area contributed by atoms with Crippen LogP contribution < -0.4 is 0 Å². The summed E-state index contributed by atoms with van der Waals surface area (Å²) in [6.45, 7) is 3.86. The van der Waals surface area contributed by atoms with Gasteiger partial charge in [0, 0.05) is 6.54 Å². The van der Waals surface area contributed by atoms with Gasteiger partial charge in [0.05, 0.1) is 0 Å². The summed E-state index contributed by atoms with van der Waals surface area (Å²) in [7, 11) is 0. The van der Waals surface area contributed by atoms with Gasteiger partial charge in [0.25, 0.3) is 0 Å². The zero-order chi connectivity index (χ0) is 13.7. The summed E-state index contributed by atoms with van der Waals surface area (Å²) in [5.74, 6) is -0.690. The molecule has 1 aliphatic rings. The largest absolute Gasteiger partial charge is 0.480 e. The summed E-state index contributed by atoms with van der Waals surface area (Å²) < 4.78 is 0. The van der Waals surface area contributed by atoms with Crippen LogP contribution in [0.3, 0.4) is 0 Å². The predicted octanol–water partition coefficient (Wildman–Crippen LogP) is 3.08. The number of rotatable bonds is 6. The minimum atomic E-state index is -0.690. The Kier molecular flexibility index (Phi) is 4.97. The van der Waals surface area contributed by atoms with E-state index in [2.05, 4.69) is 24.0 Å². The van der Waals surface area contributed by atoms with Gasteiger partial charge in [-0.1, -0.05) is 50.5 Å². The topological polar surface area (TPSA) is 40.5 Å². The summed E-state index contributed by atoms with van der Waals surface area (Å²) in [5.41, 5.74) is 2.48. The molecule has 104 valence electrons. The van der Waals surface area contributed by atoms with E-state index < -0.39 is 5.97 Å². The quantitative estimate of drug-likeness (QED) is 0.800. The van der Waals surface area contributed by atoms with Crippen molar-refractivity contribution in [2.75, 3.05) is 6.54 Å². The van der Waals surface area contributed by atoms with E-state index in [1.54, 1.807) is 0 Å². The molecule has 1 aromatic rings. The molecule has 1 unspecified atom stereocenters. The van der Waals surface area contributed by atoms with Gasteiger partial charge < -0.3 is 5.11 Å². The van der Waals surface area contributed by atoms with Crippen LogP contribution in [0.1, 0.15) is 43.7 Å². The van der Waals surface area contributed by atoms with Crippen LogP contribution in [-0.4, -0.2) is 28.6 Å². The molecule has 0 bridgehead atoms. The van der Waals surface area contributed by atoms with Crippen molar-refractivity contribution in [1.29, 1.82) is 0 Å². The normalized spacial score (nSPS) is 19.1. The third-order valence-corrected chi connectivity index (χ3v) is 3.93. The van der Waals surface area contributed by atoms with Gasteiger partial charge in [0.2, 0.25) is 0 Å². The van der Waals surface area contributed by atoms with E-state index in [0.717, 1.165) is 19.5 Å². The fourth-order valence-electron chi connectivity index (χ4n) is 2.80. The molecule has 1 atom stereocenters. The number of carboxylic acids is 1. The molecule has 0 aliphatic carbocycles. The van der Waals surface area contributed by atoms with Crippen molar-refractivity contribution in [2.45, 2.75) is 51.6 Å². The number of unbranched alkanes of at least 4 members (excludes halogenated alkanes) is 3. The van der Waals surface area contributed by atoms with Crippen LogP contribution in [0, 0.1) is 0 Å². The maximum absolute atomic E-state index is 11.4. The van der Waals surface area contributed by atoms with E-state index in [9.17, 15) is 9.90 Å². The van der Waals surface area contributed by atoms with Gasteiger partial charge in [0.15, 0.2) is 0 Å². The highest BCUT2D eigenvalue weighted by Gasteiger charge is 2.30. The molecular weight excluding hydrogens is 238 g/mol.